The molecule has 10 heteroatoms. The minimum Gasteiger partial charge on any atom is -0.338 e. The van der Waals surface area contributed by atoms with Gasteiger partial charge in [-0.1, -0.05) is 29.8 Å². The number of rotatable bonds is 5. The van der Waals surface area contributed by atoms with Crippen LogP contribution in [0.1, 0.15) is 15.9 Å². The summed E-state index contributed by atoms with van der Waals surface area (Å²) >= 11 is 7.09. The Kier molecular flexibility index (Phi) is 6.47. The average molecular weight is 460 g/mol. The van der Waals surface area contributed by atoms with E-state index < -0.39 is 29.5 Å². The van der Waals surface area contributed by atoms with Gasteiger partial charge in [0, 0.05) is 22.8 Å². The van der Waals surface area contributed by atoms with Crippen LogP contribution in [-0.2, 0) is 16.0 Å². The fraction of sp³-hybridized carbons (Fsp3) is 0.286. The Labute approximate surface area is 188 Å². The Morgan fingerprint density at radius 3 is 2.68 bits per heavy atom. The maximum atomic E-state index is 12.7. The first kappa shape index (κ1) is 21.6. The molecule has 2 aromatic carbocycles. The molecule has 0 radical (unpaired) electrons. The van der Waals surface area contributed by atoms with Crippen molar-refractivity contribution in [1.29, 1.82) is 0 Å². The van der Waals surface area contributed by atoms with Crippen LogP contribution in [0, 0.1) is 0 Å². The van der Waals surface area contributed by atoms with Crippen molar-refractivity contribution in [3.63, 3.8) is 0 Å². The van der Waals surface area contributed by atoms with E-state index in [-0.39, 0.29) is 11.7 Å². The van der Waals surface area contributed by atoms with Gasteiger partial charge in [0.15, 0.2) is 0 Å². The Hall–Kier alpha value is -2.59. The minimum atomic E-state index is -0.943. The van der Waals surface area contributed by atoms with Crippen LogP contribution in [0.4, 0.5) is 5.69 Å². The Morgan fingerprint density at radius 1 is 1.19 bits per heavy atom. The van der Waals surface area contributed by atoms with E-state index in [2.05, 4.69) is 16.0 Å². The van der Waals surface area contributed by atoms with E-state index in [1.54, 1.807) is 29.2 Å². The second-order valence-corrected chi connectivity index (χ2v) is 8.80. The van der Waals surface area contributed by atoms with E-state index >= 15 is 0 Å². The van der Waals surface area contributed by atoms with Crippen LogP contribution in [0.25, 0.3) is 0 Å². The van der Waals surface area contributed by atoms with Crippen molar-refractivity contribution >= 4 is 46.8 Å². The highest BCUT2D eigenvalue weighted by atomic mass is 35.5. The van der Waals surface area contributed by atoms with E-state index in [1.165, 1.54) is 11.8 Å². The lowest BCUT2D eigenvalue weighted by atomic mass is 10.1. The second-order valence-electron chi connectivity index (χ2n) is 7.27. The van der Waals surface area contributed by atoms with Crippen LogP contribution in [0.3, 0.4) is 0 Å². The Morgan fingerprint density at radius 2 is 1.94 bits per heavy atom. The number of amides is 3. The predicted molar refractivity (Wildman–Crippen MR) is 121 cm³/mol. The molecule has 8 nitrogen and oxygen atoms in total. The maximum absolute atomic E-state index is 12.7. The fourth-order valence-electron chi connectivity index (χ4n) is 3.60. The SMILES string of the molecule is NC1NC(SCC(=O)N2CCc3ccccc32)NC(=O)C1NC(=O)c1ccc(Cl)cc1. The summed E-state index contributed by atoms with van der Waals surface area (Å²) in [5.41, 5.74) is 8.02. The molecule has 1 fully saturated rings. The third-order valence-electron chi connectivity index (χ3n) is 5.21. The molecule has 2 aromatic rings. The zero-order valence-electron chi connectivity index (χ0n) is 16.5. The summed E-state index contributed by atoms with van der Waals surface area (Å²) in [7, 11) is 0. The third-order valence-corrected chi connectivity index (χ3v) is 6.47. The lowest BCUT2D eigenvalue weighted by Gasteiger charge is -2.35. The summed E-state index contributed by atoms with van der Waals surface area (Å²) in [6.45, 7) is 0.654. The first-order chi connectivity index (χ1) is 14.9. The van der Waals surface area contributed by atoms with Crippen molar-refractivity contribution < 1.29 is 14.4 Å². The minimum absolute atomic E-state index is 0.0299. The maximum Gasteiger partial charge on any atom is 0.252 e. The molecule has 0 aliphatic carbocycles. The largest absolute Gasteiger partial charge is 0.338 e. The normalized spacial score (nSPS) is 22.6. The van der Waals surface area contributed by atoms with Crippen molar-refractivity contribution in [2.24, 2.45) is 5.73 Å². The standard InChI is InChI=1S/C21H22ClN5O3S/c22-14-7-5-13(6-8-14)19(29)24-17-18(23)25-21(26-20(17)30)31-11-16(28)27-10-9-12-3-1-2-4-15(12)27/h1-8,17-18,21,25H,9-11,23H2,(H,24,29)(H,26,30). The summed E-state index contributed by atoms with van der Waals surface area (Å²) in [6.07, 6.45) is 0.0373. The molecule has 0 aromatic heterocycles. The summed E-state index contributed by atoms with van der Waals surface area (Å²) in [6, 6.07) is 13.2. The molecule has 0 spiro atoms. The number of fused-ring (bicyclic) bond motifs is 1. The first-order valence-corrected chi connectivity index (χ1v) is 11.2. The third kappa shape index (κ3) is 4.85. The lowest BCUT2D eigenvalue weighted by Crippen LogP contribution is -2.70. The van der Waals surface area contributed by atoms with E-state index in [1.807, 2.05) is 24.3 Å². The van der Waals surface area contributed by atoms with Gasteiger partial charge in [-0.2, -0.15) is 0 Å². The molecule has 2 aliphatic rings. The molecular formula is C21H22ClN5O3S. The quantitative estimate of drug-likeness (QED) is 0.531. The first-order valence-electron chi connectivity index (χ1n) is 9.81. The van der Waals surface area contributed by atoms with Crippen LogP contribution < -0.4 is 26.6 Å². The summed E-state index contributed by atoms with van der Waals surface area (Å²) in [4.78, 5) is 39.3. The van der Waals surface area contributed by atoms with Gasteiger partial charge >= 0.3 is 0 Å². The van der Waals surface area contributed by atoms with Gasteiger partial charge in [0.1, 0.15) is 11.5 Å². The number of carbonyl (C=O) groups is 3. The molecule has 0 bridgehead atoms. The molecule has 162 valence electrons. The highest BCUT2D eigenvalue weighted by molar-refractivity contribution is 8.00. The number of halogens is 1. The highest BCUT2D eigenvalue weighted by Gasteiger charge is 2.36. The van der Waals surface area contributed by atoms with Crippen LogP contribution in [0.15, 0.2) is 48.5 Å². The van der Waals surface area contributed by atoms with E-state index in [0.717, 1.165) is 17.7 Å². The topological polar surface area (TPSA) is 117 Å². The number of hydrogen-bond donors (Lipinski definition) is 4. The van der Waals surface area contributed by atoms with Crippen molar-refractivity contribution in [1.82, 2.24) is 16.0 Å². The fourth-order valence-corrected chi connectivity index (χ4v) is 4.64. The van der Waals surface area contributed by atoms with Crippen molar-refractivity contribution in [3.8, 4) is 0 Å². The van der Waals surface area contributed by atoms with E-state index in [4.69, 9.17) is 17.3 Å². The number of thioether (sulfide) groups is 1. The number of hydrogen-bond acceptors (Lipinski definition) is 6. The van der Waals surface area contributed by atoms with Gasteiger partial charge in [-0.3, -0.25) is 19.7 Å². The van der Waals surface area contributed by atoms with Gasteiger partial charge in [-0.25, -0.2) is 0 Å². The molecule has 2 heterocycles. The van der Waals surface area contributed by atoms with Gasteiger partial charge in [-0.05, 0) is 42.3 Å². The number of nitrogens with zero attached hydrogens (tertiary/aromatic N) is 1. The van der Waals surface area contributed by atoms with Gasteiger partial charge in [0.05, 0.1) is 11.9 Å². The van der Waals surface area contributed by atoms with Crippen LogP contribution >= 0.6 is 23.4 Å². The van der Waals surface area contributed by atoms with E-state index in [9.17, 15) is 14.4 Å². The molecule has 4 rings (SSSR count). The smallest absolute Gasteiger partial charge is 0.252 e. The number of carbonyl (C=O) groups excluding carboxylic acids is 3. The summed E-state index contributed by atoms with van der Waals surface area (Å²) < 4.78 is 0. The molecule has 3 atom stereocenters. The molecule has 31 heavy (non-hydrogen) atoms. The molecule has 2 aliphatic heterocycles. The van der Waals surface area contributed by atoms with Crippen molar-refractivity contribution in [3.05, 3.63) is 64.7 Å². The zero-order chi connectivity index (χ0) is 22.0. The molecule has 5 N–H and O–H groups in total. The van der Waals surface area contributed by atoms with Gasteiger partial charge in [-0.15, -0.1) is 11.8 Å². The number of para-hydroxylation sites is 1. The number of nitrogens with two attached hydrogens (primary N) is 1. The average Bonchev–Trinajstić information content (AvgIpc) is 3.19. The molecule has 3 amide bonds. The number of nitrogens with one attached hydrogen (secondary N) is 3. The van der Waals surface area contributed by atoms with Gasteiger partial charge in [0.25, 0.3) is 5.91 Å². The molecule has 0 saturated carbocycles. The monoisotopic (exact) mass is 459 g/mol. The highest BCUT2D eigenvalue weighted by Crippen LogP contribution is 2.28. The molecular weight excluding hydrogens is 438 g/mol. The summed E-state index contributed by atoms with van der Waals surface area (Å²) in [5, 5.41) is 8.92. The lowest BCUT2D eigenvalue weighted by molar-refractivity contribution is -0.125. The number of benzene rings is 2. The zero-order valence-corrected chi connectivity index (χ0v) is 18.1. The van der Waals surface area contributed by atoms with Crippen LogP contribution in [0.5, 0.6) is 0 Å². The summed E-state index contributed by atoms with van der Waals surface area (Å²) in [5.74, 6) is -0.688. The molecule has 1 saturated heterocycles. The van der Waals surface area contributed by atoms with Crippen molar-refractivity contribution in [2.45, 2.75) is 24.1 Å². The van der Waals surface area contributed by atoms with Gasteiger partial charge < -0.3 is 21.3 Å². The van der Waals surface area contributed by atoms with Gasteiger partial charge in [0.2, 0.25) is 11.8 Å². The van der Waals surface area contributed by atoms with Crippen molar-refractivity contribution in [2.75, 3.05) is 17.2 Å². The predicted octanol–water partition coefficient (Wildman–Crippen LogP) is 1.05. The Bertz CT molecular complexity index is 1000. The van der Waals surface area contributed by atoms with Crippen LogP contribution in [0.2, 0.25) is 5.02 Å². The Balaban J connectivity index is 1.30. The van der Waals surface area contributed by atoms with Crippen LogP contribution in [-0.4, -0.2) is 47.7 Å². The van der Waals surface area contributed by atoms with E-state index in [0.29, 0.717) is 17.1 Å². The number of anilines is 1. The second kappa shape index (κ2) is 9.27. The molecule has 3 unspecified atom stereocenters.